The number of fused-ring (bicyclic) bond motifs is 1. The van der Waals surface area contributed by atoms with Crippen molar-refractivity contribution in [3.63, 3.8) is 0 Å². The van der Waals surface area contributed by atoms with E-state index in [4.69, 9.17) is 15.2 Å². The van der Waals surface area contributed by atoms with Crippen molar-refractivity contribution in [3.8, 4) is 11.5 Å². The minimum Gasteiger partial charge on any atom is -0.449 e. The molecule has 0 unspecified atom stereocenters. The average Bonchev–Trinajstić information content (AvgIpc) is 2.80. The van der Waals surface area contributed by atoms with Crippen LogP contribution < -0.4 is 15.2 Å². The number of aryl methyl sites for hydroxylation is 1. The molecule has 1 saturated carbocycles. The Morgan fingerprint density at radius 2 is 1.61 bits per heavy atom. The lowest BCUT2D eigenvalue weighted by molar-refractivity contribution is -0.0431. The van der Waals surface area contributed by atoms with E-state index >= 15 is 0 Å². The average molecular weight is 247 g/mol. The van der Waals surface area contributed by atoms with Gasteiger partial charge in [0.1, 0.15) is 0 Å². The Balaban J connectivity index is 2.04. The number of rotatable bonds is 1. The molecule has 1 heterocycles. The van der Waals surface area contributed by atoms with Gasteiger partial charge in [-0.1, -0.05) is 12.8 Å². The molecule has 18 heavy (non-hydrogen) atoms. The molecule has 1 fully saturated rings. The molecule has 2 N–H and O–H groups in total. The number of hydrogen-bond donors (Lipinski definition) is 1. The van der Waals surface area contributed by atoms with Gasteiger partial charge in [-0.15, -0.1) is 0 Å². The van der Waals surface area contributed by atoms with Crippen LogP contribution in [0.25, 0.3) is 0 Å². The Morgan fingerprint density at radius 1 is 1.06 bits per heavy atom. The number of nitrogens with two attached hydrogens (primary N) is 1. The molecule has 0 aromatic heterocycles. The fourth-order valence-corrected chi connectivity index (χ4v) is 3.18. The zero-order valence-electron chi connectivity index (χ0n) is 11.4. The normalized spacial score (nSPS) is 23.3. The van der Waals surface area contributed by atoms with Crippen molar-refractivity contribution in [1.82, 2.24) is 0 Å². The first kappa shape index (κ1) is 11.8. The highest BCUT2D eigenvalue weighted by molar-refractivity contribution is 5.51. The summed E-state index contributed by atoms with van der Waals surface area (Å²) < 4.78 is 11.6. The Labute approximate surface area is 108 Å². The highest BCUT2D eigenvalue weighted by Gasteiger charge is 2.37. The molecule has 1 aromatic rings. The molecular formula is C15H21NO2. The molecule has 1 aromatic carbocycles. The standard InChI is InChI=1S/C15H21NO2/c1-10-8-12-13(18-14(2,3)17-12)9-11(10)15(16)6-4-5-7-15/h8-9H,4-7,16H2,1-3H3. The first-order chi connectivity index (χ1) is 8.40. The van der Waals surface area contributed by atoms with E-state index in [2.05, 4.69) is 19.1 Å². The predicted octanol–water partition coefficient (Wildman–Crippen LogP) is 3.23. The molecule has 0 saturated heterocycles. The Bertz CT molecular complexity index is 488. The van der Waals surface area contributed by atoms with Gasteiger partial charge in [-0.05, 0) is 43.0 Å². The topological polar surface area (TPSA) is 44.5 Å². The molecule has 3 rings (SSSR count). The smallest absolute Gasteiger partial charge is 0.246 e. The van der Waals surface area contributed by atoms with Crippen LogP contribution in [0, 0.1) is 6.92 Å². The summed E-state index contributed by atoms with van der Waals surface area (Å²) in [4.78, 5) is 0. The van der Waals surface area contributed by atoms with Crippen LogP contribution in [0.1, 0.15) is 50.7 Å². The van der Waals surface area contributed by atoms with Crippen LogP contribution in [0.3, 0.4) is 0 Å². The van der Waals surface area contributed by atoms with E-state index in [1.807, 2.05) is 13.8 Å². The first-order valence-electron chi connectivity index (χ1n) is 6.72. The summed E-state index contributed by atoms with van der Waals surface area (Å²) in [5, 5.41) is 0. The molecule has 98 valence electrons. The molecule has 2 aliphatic rings. The van der Waals surface area contributed by atoms with Crippen LogP contribution in [-0.4, -0.2) is 5.79 Å². The minimum absolute atomic E-state index is 0.171. The SMILES string of the molecule is Cc1cc2c(cc1C1(N)CCCC1)OC(C)(C)O2. The van der Waals surface area contributed by atoms with Gasteiger partial charge in [-0.3, -0.25) is 0 Å². The van der Waals surface area contributed by atoms with Crippen molar-refractivity contribution in [2.24, 2.45) is 5.73 Å². The predicted molar refractivity (Wildman–Crippen MR) is 70.8 cm³/mol. The van der Waals surface area contributed by atoms with Gasteiger partial charge >= 0.3 is 0 Å². The van der Waals surface area contributed by atoms with Gasteiger partial charge in [0.2, 0.25) is 5.79 Å². The second kappa shape index (κ2) is 3.64. The summed E-state index contributed by atoms with van der Waals surface area (Å²) in [5.74, 6) is 1.10. The van der Waals surface area contributed by atoms with Crippen LogP contribution in [0.5, 0.6) is 11.5 Å². The fraction of sp³-hybridized carbons (Fsp3) is 0.600. The van der Waals surface area contributed by atoms with E-state index in [0.717, 1.165) is 24.3 Å². The summed E-state index contributed by atoms with van der Waals surface area (Å²) in [5.41, 5.74) is 8.81. The zero-order valence-corrected chi connectivity index (χ0v) is 11.4. The molecule has 1 aliphatic heterocycles. The molecule has 0 spiro atoms. The largest absolute Gasteiger partial charge is 0.449 e. The zero-order chi connectivity index (χ0) is 13.0. The molecule has 0 radical (unpaired) electrons. The van der Waals surface area contributed by atoms with Crippen molar-refractivity contribution >= 4 is 0 Å². The lowest BCUT2D eigenvalue weighted by Gasteiger charge is -2.26. The molecule has 3 nitrogen and oxygen atoms in total. The van der Waals surface area contributed by atoms with Crippen molar-refractivity contribution in [3.05, 3.63) is 23.3 Å². The van der Waals surface area contributed by atoms with Gasteiger partial charge in [-0.25, -0.2) is 0 Å². The Hall–Kier alpha value is -1.22. The molecule has 0 amide bonds. The molecule has 1 aliphatic carbocycles. The highest BCUT2D eigenvalue weighted by atomic mass is 16.7. The van der Waals surface area contributed by atoms with Gasteiger partial charge in [0.15, 0.2) is 11.5 Å². The third kappa shape index (κ3) is 1.77. The molecular weight excluding hydrogens is 226 g/mol. The van der Waals surface area contributed by atoms with Crippen LogP contribution in [0.15, 0.2) is 12.1 Å². The third-order valence-corrected chi connectivity index (χ3v) is 4.03. The van der Waals surface area contributed by atoms with E-state index in [9.17, 15) is 0 Å². The third-order valence-electron chi connectivity index (χ3n) is 4.03. The van der Waals surface area contributed by atoms with E-state index in [-0.39, 0.29) is 5.54 Å². The van der Waals surface area contributed by atoms with Crippen LogP contribution >= 0.6 is 0 Å². The second-order valence-corrected chi connectivity index (χ2v) is 6.08. The summed E-state index contributed by atoms with van der Waals surface area (Å²) in [6, 6.07) is 4.15. The minimum atomic E-state index is -0.565. The Kier molecular flexibility index (Phi) is 2.39. The van der Waals surface area contributed by atoms with Crippen molar-refractivity contribution in [1.29, 1.82) is 0 Å². The fourth-order valence-electron chi connectivity index (χ4n) is 3.18. The summed E-state index contributed by atoms with van der Waals surface area (Å²) >= 11 is 0. The van der Waals surface area contributed by atoms with Crippen LogP contribution in [-0.2, 0) is 5.54 Å². The van der Waals surface area contributed by atoms with Crippen molar-refractivity contribution < 1.29 is 9.47 Å². The maximum absolute atomic E-state index is 6.55. The molecule has 0 bridgehead atoms. The van der Waals surface area contributed by atoms with Gasteiger partial charge in [0, 0.05) is 19.4 Å². The lowest BCUT2D eigenvalue weighted by atomic mass is 9.86. The monoisotopic (exact) mass is 247 g/mol. The highest BCUT2D eigenvalue weighted by Crippen LogP contribution is 2.45. The van der Waals surface area contributed by atoms with Gasteiger partial charge in [0.05, 0.1) is 0 Å². The number of benzene rings is 1. The van der Waals surface area contributed by atoms with E-state index in [1.54, 1.807) is 0 Å². The van der Waals surface area contributed by atoms with Crippen molar-refractivity contribution in [2.45, 2.75) is 57.8 Å². The summed E-state index contributed by atoms with van der Waals surface area (Å²) in [6.07, 6.45) is 4.57. The van der Waals surface area contributed by atoms with Crippen LogP contribution in [0.4, 0.5) is 0 Å². The van der Waals surface area contributed by atoms with Gasteiger partial charge in [0.25, 0.3) is 0 Å². The summed E-state index contributed by atoms with van der Waals surface area (Å²) in [7, 11) is 0. The van der Waals surface area contributed by atoms with Gasteiger partial charge in [-0.2, -0.15) is 0 Å². The van der Waals surface area contributed by atoms with E-state index in [0.29, 0.717) is 0 Å². The maximum atomic E-state index is 6.55. The van der Waals surface area contributed by atoms with E-state index in [1.165, 1.54) is 24.0 Å². The maximum Gasteiger partial charge on any atom is 0.246 e. The lowest BCUT2D eigenvalue weighted by Crippen LogP contribution is -2.33. The molecule has 3 heteroatoms. The number of ether oxygens (including phenoxy) is 2. The number of hydrogen-bond acceptors (Lipinski definition) is 3. The Morgan fingerprint density at radius 3 is 2.22 bits per heavy atom. The second-order valence-electron chi connectivity index (χ2n) is 6.08. The quantitative estimate of drug-likeness (QED) is 0.828. The van der Waals surface area contributed by atoms with Crippen molar-refractivity contribution in [2.75, 3.05) is 0 Å². The van der Waals surface area contributed by atoms with Gasteiger partial charge < -0.3 is 15.2 Å². The summed E-state index contributed by atoms with van der Waals surface area (Å²) in [6.45, 7) is 5.96. The van der Waals surface area contributed by atoms with Crippen LogP contribution in [0.2, 0.25) is 0 Å². The van der Waals surface area contributed by atoms with E-state index < -0.39 is 5.79 Å². The first-order valence-corrected chi connectivity index (χ1v) is 6.72. The molecule has 0 atom stereocenters.